The molecule has 0 spiro atoms. The highest BCUT2D eigenvalue weighted by Crippen LogP contribution is 2.35. The highest BCUT2D eigenvalue weighted by Gasteiger charge is 2.11. The Bertz CT molecular complexity index is 896. The third-order valence-electron chi connectivity index (χ3n) is 3.38. The molecule has 4 nitrogen and oxygen atoms in total. The standard InChI is InChI=1S/C16H14N2O2S2/c1-11-2-3-13(8-18-11)16-10-21-9-15(16)12-4-6-14(7-5-12)22(17,19)20/h2-10H,1H3,(H2,17,19,20). The van der Waals surface area contributed by atoms with Crippen molar-refractivity contribution < 1.29 is 8.42 Å². The molecule has 0 aliphatic carbocycles. The van der Waals surface area contributed by atoms with Crippen LogP contribution in [0.3, 0.4) is 0 Å². The van der Waals surface area contributed by atoms with Crippen molar-refractivity contribution in [2.24, 2.45) is 5.14 Å². The molecule has 2 N–H and O–H groups in total. The quantitative estimate of drug-likeness (QED) is 0.799. The van der Waals surface area contributed by atoms with Crippen LogP contribution in [0.1, 0.15) is 5.69 Å². The molecule has 22 heavy (non-hydrogen) atoms. The first kappa shape index (κ1) is 14.9. The second-order valence-electron chi connectivity index (χ2n) is 4.96. The number of sulfonamides is 1. The fraction of sp³-hybridized carbons (Fsp3) is 0.0625. The summed E-state index contributed by atoms with van der Waals surface area (Å²) < 4.78 is 22.6. The van der Waals surface area contributed by atoms with Crippen molar-refractivity contribution in [1.82, 2.24) is 4.98 Å². The SMILES string of the molecule is Cc1ccc(-c2cscc2-c2ccc(S(N)(=O)=O)cc2)cn1. The molecule has 2 aromatic heterocycles. The van der Waals surface area contributed by atoms with Crippen LogP contribution in [0.15, 0.2) is 58.3 Å². The molecule has 0 amide bonds. The maximum atomic E-state index is 11.3. The monoisotopic (exact) mass is 330 g/mol. The molecule has 0 radical (unpaired) electrons. The van der Waals surface area contributed by atoms with E-state index in [1.165, 1.54) is 12.1 Å². The predicted molar refractivity (Wildman–Crippen MR) is 89.1 cm³/mol. The molecule has 0 saturated heterocycles. The summed E-state index contributed by atoms with van der Waals surface area (Å²) in [5.41, 5.74) is 5.09. The second-order valence-corrected chi connectivity index (χ2v) is 7.26. The zero-order chi connectivity index (χ0) is 15.7. The van der Waals surface area contributed by atoms with Gasteiger partial charge in [-0.3, -0.25) is 4.98 Å². The van der Waals surface area contributed by atoms with Crippen LogP contribution >= 0.6 is 11.3 Å². The van der Waals surface area contributed by atoms with Crippen molar-refractivity contribution in [3.63, 3.8) is 0 Å². The van der Waals surface area contributed by atoms with Crippen molar-refractivity contribution in [3.8, 4) is 22.3 Å². The number of hydrogen-bond donors (Lipinski definition) is 1. The average molecular weight is 330 g/mol. The molecule has 0 fully saturated rings. The average Bonchev–Trinajstić information content (AvgIpc) is 2.97. The summed E-state index contributed by atoms with van der Waals surface area (Å²) in [4.78, 5) is 4.44. The number of nitrogens with two attached hydrogens (primary N) is 1. The lowest BCUT2D eigenvalue weighted by Crippen LogP contribution is -2.11. The lowest BCUT2D eigenvalue weighted by molar-refractivity contribution is 0.598. The summed E-state index contributed by atoms with van der Waals surface area (Å²) >= 11 is 1.60. The summed E-state index contributed by atoms with van der Waals surface area (Å²) in [5.74, 6) is 0. The van der Waals surface area contributed by atoms with Gasteiger partial charge in [0.15, 0.2) is 0 Å². The first-order valence-electron chi connectivity index (χ1n) is 6.57. The first-order chi connectivity index (χ1) is 10.4. The summed E-state index contributed by atoms with van der Waals surface area (Å²) in [6.45, 7) is 1.95. The number of pyridine rings is 1. The van der Waals surface area contributed by atoms with E-state index in [2.05, 4.69) is 10.4 Å². The van der Waals surface area contributed by atoms with Gasteiger partial charge in [-0.15, -0.1) is 0 Å². The molecular weight excluding hydrogens is 316 g/mol. The molecule has 1 aromatic carbocycles. The minimum atomic E-state index is -3.66. The number of aromatic nitrogens is 1. The lowest BCUT2D eigenvalue weighted by Gasteiger charge is -2.06. The van der Waals surface area contributed by atoms with Crippen LogP contribution in [-0.4, -0.2) is 13.4 Å². The van der Waals surface area contributed by atoms with Gasteiger partial charge in [0.05, 0.1) is 4.90 Å². The molecule has 0 aliphatic rings. The second kappa shape index (κ2) is 5.64. The predicted octanol–water partition coefficient (Wildman–Crippen LogP) is 3.43. The van der Waals surface area contributed by atoms with Gasteiger partial charge in [-0.1, -0.05) is 18.2 Å². The van der Waals surface area contributed by atoms with Gasteiger partial charge in [0.2, 0.25) is 10.0 Å². The van der Waals surface area contributed by atoms with Crippen LogP contribution < -0.4 is 5.14 Å². The van der Waals surface area contributed by atoms with E-state index in [0.717, 1.165) is 27.9 Å². The molecule has 0 aliphatic heterocycles. The van der Waals surface area contributed by atoms with Gasteiger partial charge in [0.25, 0.3) is 0 Å². The van der Waals surface area contributed by atoms with E-state index >= 15 is 0 Å². The Labute approximate surface area is 133 Å². The fourth-order valence-corrected chi connectivity index (χ4v) is 3.58. The molecule has 0 unspecified atom stereocenters. The smallest absolute Gasteiger partial charge is 0.238 e. The zero-order valence-corrected chi connectivity index (χ0v) is 13.5. The fourth-order valence-electron chi connectivity index (χ4n) is 2.20. The summed E-state index contributed by atoms with van der Waals surface area (Å²) in [7, 11) is -3.66. The van der Waals surface area contributed by atoms with Crippen LogP contribution in [-0.2, 0) is 10.0 Å². The largest absolute Gasteiger partial charge is 0.261 e. The number of hydrogen-bond acceptors (Lipinski definition) is 4. The summed E-state index contributed by atoms with van der Waals surface area (Å²) in [6, 6.07) is 10.6. The molecule has 112 valence electrons. The van der Waals surface area contributed by atoms with Gasteiger partial charge in [0.1, 0.15) is 0 Å². The van der Waals surface area contributed by atoms with Crippen molar-refractivity contribution in [2.45, 2.75) is 11.8 Å². The Hall–Kier alpha value is -2.02. The van der Waals surface area contributed by atoms with Gasteiger partial charge >= 0.3 is 0 Å². The topological polar surface area (TPSA) is 73.1 Å². The summed E-state index contributed by atoms with van der Waals surface area (Å²) in [6.07, 6.45) is 1.85. The number of nitrogens with zero attached hydrogens (tertiary/aromatic N) is 1. The Kier molecular flexibility index (Phi) is 3.82. The number of primary sulfonamides is 1. The van der Waals surface area contributed by atoms with E-state index in [1.54, 1.807) is 23.5 Å². The molecule has 3 rings (SSSR count). The first-order valence-corrected chi connectivity index (χ1v) is 9.06. The Balaban J connectivity index is 2.03. The van der Waals surface area contributed by atoms with Gasteiger partial charge in [-0.2, -0.15) is 11.3 Å². The summed E-state index contributed by atoms with van der Waals surface area (Å²) in [5, 5.41) is 9.23. The Morgan fingerprint density at radius 1 is 0.955 bits per heavy atom. The van der Waals surface area contributed by atoms with E-state index in [1.807, 2.05) is 30.6 Å². The number of thiophene rings is 1. The van der Waals surface area contributed by atoms with Crippen LogP contribution in [0.2, 0.25) is 0 Å². The zero-order valence-electron chi connectivity index (χ0n) is 11.9. The third kappa shape index (κ3) is 2.94. The molecule has 6 heteroatoms. The van der Waals surface area contributed by atoms with E-state index in [-0.39, 0.29) is 4.90 Å². The highest BCUT2D eigenvalue weighted by atomic mass is 32.2. The van der Waals surface area contributed by atoms with E-state index < -0.39 is 10.0 Å². The van der Waals surface area contributed by atoms with Crippen LogP contribution in [0.4, 0.5) is 0 Å². The normalized spacial score (nSPS) is 11.5. The van der Waals surface area contributed by atoms with Crippen LogP contribution in [0, 0.1) is 6.92 Å². The number of rotatable bonds is 3. The van der Waals surface area contributed by atoms with Gasteiger partial charge < -0.3 is 0 Å². The van der Waals surface area contributed by atoms with Crippen molar-refractivity contribution >= 4 is 21.4 Å². The highest BCUT2D eigenvalue weighted by molar-refractivity contribution is 7.89. The van der Waals surface area contributed by atoms with Crippen molar-refractivity contribution in [1.29, 1.82) is 0 Å². The van der Waals surface area contributed by atoms with Gasteiger partial charge in [-0.05, 0) is 41.4 Å². The maximum absolute atomic E-state index is 11.3. The number of benzene rings is 1. The lowest BCUT2D eigenvalue weighted by atomic mass is 10.0. The van der Waals surface area contributed by atoms with Gasteiger partial charge in [-0.25, -0.2) is 13.6 Å². The Morgan fingerprint density at radius 2 is 1.55 bits per heavy atom. The maximum Gasteiger partial charge on any atom is 0.238 e. The van der Waals surface area contributed by atoms with E-state index in [4.69, 9.17) is 5.14 Å². The molecule has 0 saturated carbocycles. The van der Waals surface area contributed by atoms with Crippen molar-refractivity contribution in [2.75, 3.05) is 0 Å². The molecule has 0 atom stereocenters. The van der Waals surface area contributed by atoms with E-state index in [0.29, 0.717) is 0 Å². The van der Waals surface area contributed by atoms with Crippen LogP contribution in [0.5, 0.6) is 0 Å². The van der Waals surface area contributed by atoms with Crippen molar-refractivity contribution in [3.05, 3.63) is 59.0 Å². The Morgan fingerprint density at radius 3 is 2.09 bits per heavy atom. The molecule has 2 heterocycles. The molecule has 3 aromatic rings. The minimum Gasteiger partial charge on any atom is -0.261 e. The van der Waals surface area contributed by atoms with Gasteiger partial charge in [0, 0.05) is 28.6 Å². The minimum absolute atomic E-state index is 0.116. The van der Waals surface area contributed by atoms with Crippen LogP contribution in [0.25, 0.3) is 22.3 Å². The molecule has 0 bridgehead atoms. The number of aryl methyl sites for hydroxylation is 1. The van der Waals surface area contributed by atoms with E-state index in [9.17, 15) is 8.42 Å². The molecular formula is C16H14N2O2S2. The third-order valence-corrected chi connectivity index (χ3v) is 5.05.